The Kier molecular flexibility index (Phi) is 3.69. The minimum Gasteiger partial charge on any atom is -0.508 e. The number of nitrogens with zero attached hydrogens (tertiary/aromatic N) is 1. The molecule has 0 unspecified atom stereocenters. The molecule has 0 aliphatic carbocycles. The third kappa shape index (κ3) is 2.67. The van der Waals surface area contributed by atoms with E-state index in [1.807, 2.05) is 0 Å². The third-order valence-electron chi connectivity index (χ3n) is 3.23. The van der Waals surface area contributed by atoms with Gasteiger partial charge in [-0.15, -0.1) is 0 Å². The van der Waals surface area contributed by atoms with Crippen molar-refractivity contribution in [2.75, 3.05) is 6.54 Å². The van der Waals surface area contributed by atoms with Gasteiger partial charge < -0.3 is 15.1 Å². The fraction of sp³-hybridized carbons (Fsp3) is 0.385. The summed E-state index contributed by atoms with van der Waals surface area (Å²) in [5.41, 5.74) is -0.217. The summed E-state index contributed by atoms with van der Waals surface area (Å²) >= 11 is 0. The number of phenols is 1. The summed E-state index contributed by atoms with van der Waals surface area (Å²) < 4.78 is 13.6. The predicted octanol–water partition coefficient (Wildman–Crippen LogP) is 1.61. The standard InChI is InChI=1S/C13H14FNO4/c14-10-7-8(16)4-5-9(10)12(17)15-6-2-1-3-11(15)13(18)19/h4-5,7,11,16H,1-3,6H2,(H,18,19)/t11-/m0/s1. The lowest BCUT2D eigenvalue weighted by Crippen LogP contribution is -2.48. The monoisotopic (exact) mass is 267 g/mol. The van der Waals surface area contributed by atoms with Gasteiger partial charge in [0.15, 0.2) is 0 Å². The molecule has 1 fully saturated rings. The van der Waals surface area contributed by atoms with Crippen LogP contribution in [0.4, 0.5) is 4.39 Å². The highest BCUT2D eigenvalue weighted by Gasteiger charge is 2.33. The van der Waals surface area contributed by atoms with E-state index in [0.717, 1.165) is 12.5 Å². The zero-order valence-corrected chi connectivity index (χ0v) is 10.2. The van der Waals surface area contributed by atoms with Gasteiger partial charge in [0.1, 0.15) is 17.6 Å². The summed E-state index contributed by atoms with van der Waals surface area (Å²) in [5.74, 6) is -2.85. The molecule has 1 aliphatic heterocycles. The highest BCUT2D eigenvalue weighted by atomic mass is 19.1. The second-order valence-corrected chi connectivity index (χ2v) is 4.51. The van der Waals surface area contributed by atoms with Crippen molar-refractivity contribution in [2.45, 2.75) is 25.3 Å². The maximum absolute atomic E-state index is 13.6. The predicted molar refractivity (Wildman–Crippen MR) is 64.4 cm³/mol. The average Bonchev–Trinajstić information content (AvgIpc) is 2.38. The molecule has 0 radical (unpaired) electrons. The van der Waals surface area contributed by atoms with E-state index in [2.05, 4.69) is 0 Å². The van der Waals surface area contributed by atoms with Crippen molar-refractivity contribution in [3.63, 3.8) is 0 Å². The van der Waals surface area contributed by atoms with Crippen LogP contribution in [0, 0.1) is 5.82 Å². The number of carbonyl (C=O) groups excluding carboxylic acids is 1. The maximum Gasteiger partial charge on any atom is 0.326 e. The van der Waals surface area contributed by atoms with Gasteiger partial charge in [-0.05, 0) is 31.4 Å². The van der Waals surface area contributed by atoms with E-state index in [1.165, 1.54) is 17.0 Å². The molecular formula is C13H14FNO4. The number of benzene rings is 1. The zero-order valence-electron chi connectivity index (χ0n) is 10.2. The molecule has 19 heavy (non-hydrogen) atoms. The molecule has 5 nitrogen and oxygen atoms in total. The molecule has 0 bridgehead atoms. The van der Waals surface area contributed by atoms with Gasteiger partial charge in [-0.1, -0.05) is 0 Å². The maximum atomic E-state index is 13.6. The lowest BCUT2D eigenvalue weighted by Gasteiger charge is -2.33. The number of carboxylic acids is 1. The van der Waals surface area contributed by atoms with Crippen molar-refractivity contribution < 1.29 is 24.2 Å². The first-order valence-electron chi connectivity index (χ1n) is 6.03. The lowest BCUT2D eigenvalue weighted by atomic mass is 10.0. The van der Waals surface area contributed by atoms with Gasteiger partial charge in [0.2, 0.25) is 0 Å². The van der Waals surface area contributed by atoms with Crippen LogP contribution in [-0.4, -0.2) is 39.6 Å². The number of halogens is 1. The summed E-state index contributed by atoms with van der Waals surface area (Å²) in [5, 5.41) is 18.2. The molecule has 0 aromatic heterocycles. The number of aromatic hydroxyl groups is 1. The number of hydrogen-bond donors (Lipinski definition) is 2. The van der Waals surface area contributed by atoms with Crippen LogP contribution in [0.15, 0.2) is 18.2 Å². The smallest absolute Gasteiger partial charge is 0.326 e. The fourth-order valence-corrected chi connectivity index (χ4v) is 2.26. The van der Waals surface area contributed by atoms with Crippen LogP contribution in [0.2, 0.25) is 0 Å². The number of carboxylic acid groups (broad SMARTS) is 1. The normalized spacial score (nSPS) is 19.2. The zero-order chi connectivity index (χ0) is 14.0. The Bertz CT molecular complexity index is 517. The first-order valence-corrected chi connectivity index (χ1v) is 6.03. The van der Waals surface area contributed by atoms with Crippen LogP contribution in [-0.2, 0) is 4.79 Å². The largest absolute Gasteiger partial charge is 0.508 e. The Morgan fingerprint density at radius 1 is 1.32 bits per heavy atom. The molecule has 1 amide bonds. The second-order valence-electron chi connectivity index (χ2n) is 4.51. The van der Waals surface area contributed by atoms with Gasteiger partial charge in [0, 0.05) is 12.6 Å². The van der Waals surface area contributed by atoms with Crippen LogP contribution < -0.4 is 0 Å². The van der Waals surface area contributed by atoms with Crippen molar-refractivity contribution in [1.82, 2.24) is 4.90 Å². The van der Waals surface area contributed by atoms with Crippen LogP contribution >= 0.6 is 0 Å². The Hall–Kier alpha value is -2.11. The molecule has 0 saturated carbocycles. The van der Waals surface area contributed by atoms with Crippen molar-refractivity contribution in [3.05, 3.63) is 29.6 Å². The Labute approximate surface area is 109 Å². The molecule has 1 saturated heterocycles. The topological polar surface area (TPSA) is 77.8 Å². The minimum absolute atomic E-state index is 0.217. The lowest BCUT2D eigenvalue weighted by molar-refractivity contribution is -0.143. The van der Waals surface area contributed by atoms with Gasteiger partial charge in [0.25, 0.3) is 5.91 Å². The summed E-state index contributed by atoms with van der Waals surface area (Å²) in [6, 6.07) is 2.30. The number of rotatable bonds is 2. The van der Waals surface area contributed by atoms with E-state index in [0.29, 0.717) is 19.4 Å². The number of aliphatic carboxylic acids is 1. The highest BCUT2D eigenvalue weighted by Crippen LogP contribution is 2.22. The first-order chi connectivity index (χ1) is 9.00. The number of hydrogen-bond acceptors (Lipinski definition) is 3. The summed E-state index contributed by atoms with van der Waals surface area (Å²) in [7, 11) is 0. The van der Waals surface area contributed by atoms with Crippen LogP contribution in [0.1, 0.15) is 29.6 Å². The Balaban J connectivity index is 2.28. The molecule has 6 heteroatoms. The van der Waals surface area contributed by atoms with E-state index in [4.69, 9.17) is 10.2 Å². The Morgan fingerprint density at radius 3 is 2.68 bits per heavy atom. The van der Waals surface area contributed by atoms with E-state index in [1.54, 1.807) is 0 Å². The van der Waals surface area contributed by atoms with E-state index < -0.39 is 23.7 Å². The van der Waals surface area contributed by atoms with Crippen molar-refractivity contribution in [1.29, 1.82) is 0 Å². The van der Waals surface area contributed by atoms with Crippen molar-refractivity contribution >= 4 is 11.9 Å². The van der Waals surface area contributed by atoms with Crippen molar-refractivity contribution in [2.24, 2.45) is 0 Å². The number of likely N-dealkylation sites (tertiary alicyclic amines) is 1. The van der Waals surface area contributed by atoms with Crippen LogP contribution in [0.25, 0.3) is 0 Å². The molecule has 1 aliphatic rings. The quantitative estimate of drug-likeness (QED) is 0.853. The number of piperidine rings is 1. The summed E-state index contributed by atoms with van der Waals surface area (Å²) in [4.78, 5) is 24.5. The van der Waals surface area contributed by atoms with E-state index >= 15 is 0 Å². The third-order valence-corrected chi connectivity index (χ3v) is 3.23. The molecule has 1 atom stereocenters. The molecule has 2 rings (SSSR count). The highest BCUT2D eigenvalue weighted by molar-refractivity contribution is 5.97. The fourth-order valence-electron chi connectivity index (χ4n) is 2.26. The van der Waals surface area contributed by atoms with Gasteiger partial charge >= 0.3 is 5.97 Å². The molecule has 0 spiro atoms. The molecule has 2 N–H and O–H groups in total. The number of phenolic OH excluding ortho intramolecular Hbond substituents is 1. The van der Waals surface area contributed by atoms with E-state index in [-0.39, 0.29) is 11.3 Å². The van der Waals surface area contributed by atoms with Gasteiger partial charge in [-0.3, -0.25) is 4.79 Å². The van der Waals surface area contributed by atoms with Crippen molar-refractivity contribution in [3.8, 4) is 5.75 Å². The average molecular weight is 267 g/mol. The van der Waals surface area contributed by atoms with Gasteiger partial charge in [-0.2, -0.15) is 0 Å². The molecule has 1 aromatic rings. The number of carbonyl (C=O) groups is 2. The SMILES string of the molecule is O=C(O)[C@@H]1CCCCN1C(=O)c1ccc(O)cc1F. The van der Waals surface area contributed by atoms with Gasteiger partial charge in [0.05, 0.1) is 5.56 Å². The molecule has 102 valence electrons. The second kappa shape index (κ2) is 5.26. The molecular weight excluding hydrogens is 253 g/mol. The summed E-state index contributed by atoms with van der Waals surface area (Å²) in [6.07, 6.45) is 1.81. The first kappa shape index (κ1) is 13.3. The summed E-state index contributed by atoms with van der Waals surface area (Å²) in [6.45, 7) is 0.302. The van der Waals surface area contributed by atoms with Crippen LogP contribution in [0.5, 0.6) is 5.75 Å². The van der Waals surface area contributed by atoms with Gasteiger partial charge in [-0.25, -0.2) is 9.18 Å². The van der Waals surface area contributed by atoms with Crippen LogP contribution in [0.3, 0.4) is 0 Å². The molecule has 1 aromatic carbocycles. The number of amides is 1. The van der Waals surface area contributed by atoms with E-state index in [9.17, 15) is 14.0 Å². The minimum atomic E-state index is -1.08. The molecule has 1 heterocycles. The Morgan fingerprint density at radius 2 is 2.05 bits per heavy atom.